The number of hydrogen-bond acceptors (Lipinski definition) is 4. The molecule has 0 rings (SSSR count). The number of hydrogen-bond donors (Lipinski definition) is 0. The van der Waals surface area contributed by atoms with E-state index >= 15 is 0 Å². The number of nitrogens with zero attached hydrogens (tertiary/aromatic N) is 1. The van der Waals surface area contributed by atoms with E-state index in [0.717, 1.165) is 13.1 Å². The van der Waals surface area contributed by atoms with Crippen LogP contribution in [0, 0.1) is 11.8 Å². The lowest BCUT2D eigenvalue weighted by Crippen LogP contribution is -2.32. The predicted molar refractivity (Wildman–Crippen MR) is 67.7 cm³/mol. The fraction of sp³-hybridized carbons (Fsp3) is 1.00. The molecule has 16 heavy (non-hydrogen) atoms. The predicted octanol–water partition coefficient (Wildman–Crippen LogP) is 3.04. The Bertz CT molecular complexity index is 213. The van der Waals surface area contributed by atoms with Gasteiger partial charge in [0.2, 0.25) is 0 Å². The van der Waals surface area contributed by atoms with Gasteiger partial charge in [0.25, 0.3) is 0 Å². The van der Waals surface area contributed by atoms with Crippen LogP contribution in [0.5, 0.6) is 0 Å². The minimum absolute atomic E-state index is 0.371. The molecule has 98 valence electrons. The quantitative estimate of drug-likeness (QED) is 0.621. The third-order valence-electron chi connectivity index (χ3n) is 2.18. The molecule has 0 atom stereocenters. The van der Waals surface area contributed by atoms with E-state index < -0.39 is 7.60 Å². The number of rotatable bonds is 8. The molecule has 5 heteroatoms. The van der Waals surface area contributed by atoms with Crippen LogP contribution in [-0.2, 0) is 13.6 Å². The first kappa shape index (κ1) is 16.1. The van der Waals surface area contributed by atoms with Gasteiger partial charge >= 0.3 is 7.60 Å². The molecule has 0 aliphatic carbocycles. The maximum absolute atomic E-state index is 12.0. The largest absolute Gasteiger partial charge is 0.344 e. The van der Waals surface area contributed by atoms with Gasteiger partial charge in [-0.05, 0) is 11.8 Å². The third-order valence-corrected chi connectivity index (χ3v) is 4.04. The van der Waals surface area contributed by atoms with Crippen LogP contribution >= 0.6 is 7.60 Å². The zero-order valence-electron chi connectivity index (χ0n) is 11.4. The monoisotopic (exact) mass is 251 g/mol. The highest BCUT2D eigenvalue weighted by Crippen LogP contribution is 2.46. The van der Waals surface area contributed by atoms with E-state index in [0.29, 0.717) is 18.1 Å². The summed E-state index contributed by atoms with van der Waals surface area (Å²) >= 11 is 0. The second kappa shape index (κ2) is 7.44. The Labute approximate surface area is 99.8 Å². The van der Waals surface area contributed by atoms with E-state index in [4.69, 9.17) is 9.05 Å². The van der Waals surface area contributed by atoms with Crippen LogP contribution in [0.25, 0.3) is 0 Å². The Kier molecular flexibility index (Phi) is 7.49. The molecule has 0 saturated heterocycles. The molecule has 0 heterocycles. The van der Waals surface area contributed by atoms with E-state index in [1.54, 1.807) is 0 Å². The molecule has 0 aromatic carbocycles. The van der Waals surface area contributed by atoms with Crippen molar-refractivity contribution in [3.8, 4) is 0 Å². The molecule has 0 fully saturated rings. The van der Waals surface area contributed by atoms with Crippen LogP contribution in [0.1, 0.15) is 27.7 Å². The molecule has 0 unspecified atom stereocenters. The van der Waals surface area contributed by atoms with Crippen LogP contribution in [0.3, 0.4) is 0 Å². The molecule has 0 radical (unpaired) electrons. The van der Waals surface area contributed by atoms with Gasteiger partial charge in [0, 0.05) is 27.3 Å². The minimum Gasteiger partial charge on any atom is -0.311 e. The van der Waals surface area contributed by atoms with E-state index in [1.807, 2.05) is 0 Å². The highest BCUT2D eigenvalue weighted by atomic mass is 31.2. The van der Waals surface area contributed by atoms with E-state index in [9.17, 15) is 4.57 Å². The zero-order chi connectivity index (χ0) is 12.8. The summed E-state index contributed by atoms with van der Waals surface area (Å²) in [5.41, 5.74) is 0. The van der Waals surface area contributed by atoms with Gasteiger partial charge in [-0.15, -0.1) is 0 Å². The summed E-state index contributed by atoms with van der Waals surface area (Å²) in [6.45, 7) is 10.4. The summed E-state index contributed by atoms with van der Waals surface area (Å²) in [5, 5.41) is 0. The van der Waals surface area contributed by atoms with Crippen molar-refractivity contribution < 1.29 is 13.6 Å². The Morgan fingerprint density at radius 2 is 1.38 bits per heavy atom. The van der Waals surface area contributed by atoms with Gasteiger partial charge in [-0.1, -0.05) is 27.7 Å². The van der Waals surface area contributed by atoms with Crippen LogP contribution < -0.4 is 0 Å². The Balaban J connectivity index is 4.45. The van der Waals surface area contributed by atoms with Crippen molar-refractivity contribution in [2.75, 3.05) is 33.6 Å². The topological polar surface area (TPSA) is 38.8 Å². The highest BCUT2D eigenvalue weighted by Gasteiger charge is 2.25. The molecule has 0 aliphatic rings. The first-order valence-corrected chi connectivity index (χ1v) is 7.48. The van der Waals surface area contributed by atoms with Crippen LogP contribution in [-0.4, -0.2) is 38.5 Å². The lowest BCUT2D eigenvalue weighted by atomic mass is 10.1. The first-order chi connectivity index (χ1) is 7.33. The summed E-state index contributed by atoms with van der Waals surface area (Å²) in [6, 6.07) is 0. The lowest BCUT2D eigenvalue weighted by Gasteiger charge is -2.28. The van der Waals surface area contributed by atoms with E-state index in [1.165, 1.54) is 14.2 Å². The smallest absolute Gasteiger partial charge is 0.311 e. The molecule has 0 N–H and O–H groups in total. The lowest BCUT2D eigenvalue weighted by molar-refractivity contribution is 0.208. The zero-order valence-corrected chi connectivity index (χ0v) is 12.3. The summed E-state index contributed by atoms with van der Waals surface area (Å²) in [7, 11) is -0.0484. The standard InChI is InChI=1S/C11H26NO3P/c1-10(2)7-12(8-11(3)4)9-16(13,14-5)15-6/h10-11H,7-9H2,1-6H3. The van der Waals surface area contributed by atoms with E-state index in [-0.39, 0.29) is 0 Å². The molecule has 4 nitrogen and oxygen atoms in total. The SMILES string of the molecule is COP(=O)(CN(CC(C)C)CC(C)C)OC. The molecule has 0 aliphatic heterocycles. The van der Waals surface area contributed by atoms with Gasteiger partial charge in [0.15, 0.2) is 0 Å². The molecular weight excluding hydrogens is 225 g/mol. The molecular formula is C11H26NO3P. The summed E-state index contributed by atoms with van der Waals surface area (Å²) < 4.78 is 22.0. The molecule has 0 amide bonds. The van der Waals surface area contributed by atoms with Crippen molar-refractivity contribution in [1.82, 2.24) is 4.90 Å². The van der Waals surface area contributed by atoms with Crippen molar-refractivity contribution in [1.29, 1.82) is 0 Å². The van der Waals surface area contributed by atoms with Gasteiger partial charge in [-0.3, -0.25) is 9.46 Å². The maximum atomic E-state index is 12.0. The Morgan fingerprint density at radius 3 is 1.62 bits per heavy atom. The van der Waals surface area contributed by atoms with Crippen molar-refractivity contribution in [2.24, 2.45) is 11.8 Å². The normalized spacial score (nSPS) is 13.1. The fourth-order valence-corrected chi connectivity index (χ4v) is 2.76. The molecule has 0 saturated carbocycles. The van der Waals surface area contributed by atoms with Crippen molar-refractivity contribution in [2.45, 2.75) is 27.7 Å². The van der Waals surface area contributed by atoms with Gasteiger partial charge in [-0.2, -0.15) is 0 Å². The van der Waals surface area contributed by atoms with E-state index in [2.05, 4.69) is 32.6 Å². The van der Waals surface area contributed by atoms with Crippen molar-refractivity contribution >= 4 is 7.60 Å². The van der Waals surface area contributed by atoms with Gasteiger partial charge in [0.05, 0.1) is 0 Å². The average molecular weight is 251 g/mol. The maximum Gasteiger partial charge on any atom is 0.344 e. The van der Waals surface area contributed by atoms with Gasteiger partial charge in [-0.25, -0.2) is 0 Å². The molecule has 0 aromatic heterocycles. The fourth-order valence-electron chi connectivity index (χ4n) is 1.66. The highest BCUT2D eigenvalue weighted by molar-refractivity contribution is 7.53. The van der Waals surface area contributed by atoms with Crippen molar-refractivity contribution in [3.05, 3.63) is 0 Å². The Hall–Kier alpha value is 0.110. The third kappa shape index (κ3) is 6.64. The molecule has 0 bridgehead atoms. The summed E-state index contributed by atoms with van der Waals surface area (Å²) in [6.07, 6.45) is 0.371. The minimum atomic E-state index is -2.92. The second-order valence-electron chi connectivity index (χ2n) is 4.94. The van der Waals surface area contributed by atoms with Crippen LogP contribution in [0.2, 0.25) is 0 Å². The second-order valence-corrected chi connectivity index (χ2v) is 7.18. The van der Waals surface area contributed by atoms with Gasteiger partial charge < -0.3 is 9.05 Å². The average Bonchev–Trinajstić information content (AvgIpc) is 2.15. The first-order valence-electron chi connectivity index (χ1n) is 5.76. The van der Waals surface area contributed by atoms with Gasteiger partial charge in [0.1, 0.15) is 6.29 Å². The summed E-state index contributed by atoms with van der Waals surface area (Å²) in [5.74, 6) is 1.09. The van der Waals surface area contributed by atoms with Crippen molar-refractivity contribution in [3.63, 3.8) is 0 Å². The summed E-state index contributed by atoms with van der Waals surface area (Å²) in [4.78, 5) is 2.16. The van der Waals surface area contributed by atoms with Crippen LogP contribution in [0.4, 0.5) is 0 Å². The Morgan fingerprint density at radius 1 is 1.00 bits per heavy atom. The molecule has 0 spiro atoms. The molecule has 0 aromatic rings. The van der Waals surface area contributed by atoms with Crippen LogP contribution in [0.15, 0.2) is 0 Å².